The zero-order valence-corrected chi connectivity index (χ0v) is 10.2. The second-order valence-electron chi connectivity index (χ2n) is 3.98. The number of nitrogen functional groups attached to an aromatic ring is 1. The van der Waals surface area contributed by atoms with Gasteiger partial charge in [-0.1, -0.05) is 25.1 Å². The van der Waals surface area contributed by atoms with E-state index in [-0.39, 0.29) is 5.56 Å². The Kier molecular flexibility index (Phi) is 3.62. The minimum absolute atomic E-state index is 0.148. The number of nitrogens with two attached hydrogens (primary N) is 1. The molecule has 0 unspecified atom stereocenters. The summed E-state index contributed by atoms with van der Waals surface area (Å²) in [6.07, 6.45) is 0.693. The maximum absolute atomic E-state index is 11.4. The van der Waals surface area contributed by atoms with Gasteiger partial charge in [0, 0.05) is 24.7 Å². The van der Waals surface area contributed by atoms with Gasteiger partial charge in [-0.05, 0) is 11.6 Å². The van der Waals surface area contributed by atoms with Crippen LogP contribution in [0.5, 0.6) is 0 Å². The zero-order valence-electron chi connectivity index (χ0n) is 10.2. The molecule has 1 aromatic heterocycles. The van der Waals surface area contributed by atoms with Crippen molar-refractivity contribution in [1.82, 2.24) is 9.97 Å². The van der Waals surface area contributed by atoms with Gasteiger partial charge in [-0.25, -0.2) is 4.98 Å². The lowest BCUT2D eigenvalue weighted by Gasteiger charge is -2.08. The maximum atomic E-state index is 11.4. The summed E-state index contributed by atoms with van der Waals surface area (Å²) >= 11 is 0. The molecule has 0 bridgehead atoms. The monoisotopic (exact) mass is 244 g/mol. The van der Waals surface area contributed by atoms with Crippen molar-refractivity contribution < 1.29 is 0 Å². The lowest BCUT2D eigenvalue weighted by Crippen LogP contribution is -2.13. The third kappa shape index (κ3) is 2.88. The van der Waals surface area contributed by atoms with Crippen molar-refractivity contribution in [2.75, 3.05) is 11.1 Å². The molecule has 0 spiro atoms. The van der Waals surface area contributed by atoms with Crippen LogP contribution < -0.4 is 16.6 Å². The second kappa shape index (κ2) is 5.35. The summed E-state index contributed by atoms with van der Waals surface area (Å²) in [6, 6.07) is 9.05. The van der Waals surface area contributed by atoms with E-state index in [9.17, 15) is 4.79 Å². The molecular formula is C13H16N4O. The number of aromatic amines is 1. The summed E-state index contributed by atoms with van der Waals surface area (Å²) in [6.45, 7) is 2.49. The highest BCUT2D eigenvalue weighted by Crippen LogP contribution is 2.12. The SMILES string of the molecule is CCc1nc(NCc2ccccc2N)cc(=O)[nH]1. The number of nitrogens with one attached hydrogen (secondary N) is 2. The van der Waals surface area contributed by atoms with Crippen molar-refractivity contribution in [2.24, 2.45) is 0 Å². The van der Waals surface area contributed by atoms with Gasteiger partial charge in [0.05, 0.1) is 0 Å². The number of nitrogens with zero attached hydrogens (tertiary/aromatic N) is 1. The molecular weight excluding hydrogens is 228 g/mol. The van der Waals surface area contributed by atoms with Gasteiger partial charge < -0.3 is 16.0 Å². The first-order valence-electron chi connectivity index (χ1n) is 5.86. The zero-order chi connectivity index (χ0) is 13.0. The van der Waals surface area contributed by atoms with Crippen LogP contribution in [0.15, 0.2) is 35.1 Å². The minimum Gasteiger partial charge on any atom is -0.398 e. The van der Waals surface area contributed by atoms with E-state index in [1.807, 2.05) is 31.2 Å². The quantitative estimate of drug-likeness (QED) is 0.712. The van der Waals surface area contributed by atoms with Crippen molar-refractivity contribution in [3.8, 4) is 0 Å². The smallest absolute Gasteiger partial charge is 0.252 e. The topological polar surface area (TPSA) is 83.8 Å². The molecule has 0 radical (unpaired) electrons. The summed E-state index contributed by atoms with van der Waals surface area (Å²) in [4.78, 5) is 18.4. The molecule has 0 saturated carbocycles. The molecule has 0 aliphatic rings. The van der Waals surface area contributed by atoms with Crippen LogP contribution >= 0.6 is 0 Å². The molecule has 94 valence electrons. The standard InChI is InChI=1S/C13H16N4O/c1-2-11-16-12(7-13(18)17-11)15-8-9-5-3-4-6-10(9)14/h3-7H,2,8,14H2,1H3,(H2,15,16,17,18). The third-order valence-corrected chi connectivity index (χ3v) is 2.64. The Morgan fingerprint density at radius 3 is 2.89 bits per heavy atom. The predicted molar refractivity (Wildman–Crippen MR) is 72.4 cm³/mol. The summed E-state index contributed by atoms with van der Waals surface area (Å²) in [5.74, 6) is 1.24. The lowest BCUT2D eigenvalue weighted by molar-refractivity contribution is 0.915. The average Bonchev–Trinajstić information content (AvgIpc) is 2.37. The van der Waals surface area contributed by atoms with Gasteiger partial charge in [-0.3, -0.25) is 4.79 Å². The molecule has 4 N–H and O–H groups in total. The minimum atomic E-state index is -0.148. The number of H-pyrrole nitrogens is 1. The fraction of sp³-hybridized carbons (Fsp3) is 0.231. The van der Waals surface area contributed by atoms with E-state index >= 15 is 0 Å². The molecule has 0 fully saturated rings. The van der Waals surface area contributed by atoms with Gasteiger partial charge in [-0.2, -0.15) is 0 Å². The Hall–Kier alpha value is -2.30. The Balaban J connectivity index is 2.13. The van der Waals surface area contributed by atoms with Crippen LogP contribution in [0.2, 0.25) is 0 Å². The highest BCUT2D eigenvalue weighted by Gasteiger charge is 2.01. The van der Waals surface area contributed by atoms with Gasteiger partial charge in [-0.15, -0.1) is 0 Å². The van der Waals surface area contributed by atoms with Crippen molar-refractivity contribution in [2.45, 2.75) is 19.9 Å². The molecule has 0 aliphatic heterocycles. The van der Waals surface area contributed by atoms with E-state index in [2.05, 4.69) is 15.3 Å². The van der Waals surface area contributed by atoms with Crippen LogP contribution in [-0.4, -0.2) is 9.97 Å². The van der Waals surface area contributed by atoms with Crippen LogP contribution in [0.3, 0.4) is 0 Å². The Labute approximate surface area is 105 Å². The predicted octanol–water partition coefficient (Wildman–Crippen LogP) is 1.53. The average molecular weight is 244 g/mol. The molecule has 0 amide bonds. The molecule has 0 aliphatic carbocycles. The second-order valence-corrected chi connectivity index (χ2v) is 3.98. The van der Waals surface area contributed by atoms with E-state index in [4.69, 9.17) is 5.73 Å². The van der Waals surface area contributed by atoms with E-state index in [0.717, 1.165) is 11.3 Å². The number of hydrogen-bond acceptors (Lipinski definition) is 4. The lowest BCUT2D eigenvalue weighted by atomic mass is 10.2. The van der Waals surface area contributed by atoms with Crippen LogP contribution in [-0.2, 0) is 13.0 Å². The molecule has 1 aromatic carbocycles. The summed E-state index contributed by atoms with van der Waals surface area (Å²) < 4.78 is 0. The molecule has 0 atom stereocenters. The van der Waals surface area contributed by atoms with Gasteiger partial charge in [0.15, 0.2) is 0 Å². The Morgan fingerprint density at radius 1 is 1.39 bits per heavy atom. The first kappa shape index (κ1) is 12.2. The number of rotatable bonds is 4. The number of hydrogen-bond donors (Lipinski definition) is 3. The fourth-order valence-electron chi connectivity index (χ4n) is 1.65. The molecule has 2 aromatic rings. The van der Waals surface area contributed by atoms with Gasteiger partial charge in [0.25, 0.3) is 5.56 Å². The molecule has 2 rings (SSSR count). The molecule has 5 nitrogen and oxygen atoms in total. The Morgan fingerprint density at radius 2 is 2.17 bits per heavy atom. The number of benzene rings is 1. The van der Waals surface area contributed by atoms with Crippen molar-refractivity contribution >= 4 is 11.5 Å². The van der Waals surface area contributed by atoms with Crippen molar-refractivity contribution in [1.29, 1.82) is 0 Å². The summed E-state index contributed by atoms with van der Waals surface area (Å²) in [5.41, 5.74) is 7.41. The number of anilines is 2. The molecule has 5 heteroatoms. The van der Waals surface area contributed by atoms with Crippen LogP contribution in [0.1, 0.15) is 18.3 Å². The van der Waals surface area contributed by atoms with Crippen molar-refractivity contribution in [3.05, 3.63) is 52.1 Å². The molecule has 0 saturated heterocycles. The normalized spacial score (nSPS) is 10.3. The van der Waals surface area contributed by atoms with E-state index < -0.39 is 0 Å². The highest BCUT2D eigenvalue weighted by molar-refractivity contribution is 5.48. The van der Waals surface area contributed by atoms with Gasteiger partial charge >= 0.3 is 0 Å². The van der Waals surface area contributed by atoms with Crippen LogP contribution in [0.25, 0.3) is 0 Å². The van der Waals surface area contributed by atoms with Gasteiger partial charge in [0.1, 0.15) is 11.6 Å². The number of para-hydroxylation sites is 1. The molecule has 18 heavy (non-hydrogen) atoms. The first-order chi connectivity index (χ1) is 8.69. The third-order valence-electron chi connectivity index (χ3n) is 2.64. The number of aromatic nitrogens is 2. The Bertz CT molecular complexity index is 592. The van der Waals surface area contributed by atoms with E-state index in [1.165, 1.54) is 6.07 Å². The fourth-order valence-corrected chi connectivity index (χ4v) is 1.65. The van der Waals surface area contributed by atoms with E-state index in [1.54, 1.807) is 0 Å². The van der Waals surface area contributed by atoms with Crippen LogP contribution in [0.4, 0.5) is 11.5 Å². The van der Waals surface area contributed by atoms with E-state index in [0.29, 0.717) is 24.6 Å². The maximum Gasteiger partial charge on any atom is 0.252 e. The van der Waals surface area contributed by atoms with Crippen LogP contribution in [0, 0.1) is 0 Å². The van der Waals surface area contributed by atoms with Gasteiger partial charge in [0.2, 0.25) is 0 Å². The summed E-state index contributed by atoms with van der Waals surface area (Å²) in [7, 11) is 0. The largest absolute Gasteiger partial charge is 0.398 e. The molecule has 1 heterocycles. The number of aryl methyl sites for hydroxylation is 1. The summed E-state index contributed by atoms with van der Waals surface area (Å²) in [5, 5.41) is 3.11. The highest BCUT2D eigenvalue weighted by atomic mass is 16.1. The van der Waals surface area contributed by atoms with Crippen molar-refractivity contribution in [3.63, 3.8) is 0 Å². The first-order valence-corrected chi connectivity index (χ1v) is 5.86.